The molecule has 3 nitrogen and oxygen atoms in total. The van der Waals surface area contributed by atoms with Gasteiger partial charge in [0, 0.05) is 6.42 Å². The van der Waals surface area contributed by atoms with Crippen LogP contribution in [0.2, 0.25) is 5.02 Å². The Balaban J connectivity index is 1.78. The Morgan fingerprint density at radius 3 is 1.83 bits per heavy atom. The SMILES string of the molecule is OC(C1=NN(c2ccccc2Cl)C(c2ccc(-c3ccc(F)cc3)cc2)C1)(C(F)(F)F)C(F)(F)F. The molecule has 0 aromatic heterocycles. The molecule has 0 spiro atoms. The summed E-state index contributed by atoms with van der Waals surface area (Å²) in [4.78, 5) is 0. The molecule has 0 bridgehead atoms. The zero-order chi connectivity index (χ0) is 25.6. The highest BCUT2D eigenvalue weighted by Crippen LogP contribution is 2.49. The first kappa shape index (κ1) is 25.0. The molecule has 0 amide bonds. The molecule has 0 aliphatic carbocycles. The molecule has 184 valence electrons. The third kappa shape index (κ3) is 4.48. The van der Waals surface area contributed by atoms with Gasteiger partial charge in [0.05, 0.1) is 22.5 Å². The molecular formula is C24H16ClF7N2O. The van der Waals surface area contributed by atoms with Crippen LogP contribution in [0.4, 0.5) is 36.4 Å². The maximum absolute atomic E-state index is 13.5. The van der Waals surface area contributed by atoms with Gasteiger partial charge in [0.15, 0.2) is 0 Å². The van der Waals surface area contributed by atoms with E-state index in [0.29, 0.717) is 16.7 Å². The van der Waals surface area contributed by atoms with Gasteiger partial charge in [-0.25, -0.2) is 4.39 Å². The molecule has 0 saturated heterocycles. The average Bonchev–Trinajstić information content (AvgIpc) is 3.23. The van der Waals surface area contributed by atoms with Crippen LogP contribution in [0.15, 0.2) is 77.9 Å². The van der Waals surface area contributed by atoms with E-state index in [9.17, 15) is 35.8 Å². The third-order valence-electron chi connectivity index (χ3n) is 5.72. The first-order chi connectivity index (χ1) is 16.3. The Kier molecular flexibility index (Phi) is 6.31. The summed E-state index contributed by atoms with van der Waals surface area (Å²) in [5, 5.41) is 14.5. The molecule has 1 aliphatic heterocycles. The van der Waals surface area contributed by atoms with E-state index in [2.05, 4.69) is 5.10 Å². The van der Waals surface area contributed by atoms with Gasteiger partial charge >= 0.3 is 12.4 Å². The van der Waals surface area contributed by atoms with Crippen molar-refractivity contribution in [1.82, 2.24) is 0 Å². The van der Waals surface area contributed by atoms with Crippen molar-refractivity contribution >= 4 is 23.0 Å². The van der Waals surface area contributed by atoms with Gasteiger partial charge in [-0.05, 0) is 41.0 Å². The summed E-state index contributed by atoms with van der Waals surface area (Å²) < 4.78 is 94.4. The van der Waals surface area contributed by atoms with Gasteiger partial charge in [0.2, 0.25) is 0 Å². The lowest BCUT2D eigenvalue weighted by Gasteiger charge is -2.32. The summed E-state index contributed by atoms with van der Waals surface area (Å²) in [6.07, 6.45) is -13.0. The Hall–Kier alpha value is -3.11. The molecular weight excluding hydrogens is 501 g/mol. The Bertz CT molecular complexity index is 1220. The maximum atomic E-state index is 13.5. The van der Waals surface area contributed by atoms with Crippen LogP contribution in [-0.4, -0.2) is 28.8 Å². The van der Waals surface area contributed by atoms with Crippen LogP contribution in [0.5, 0.6) is 0 Å². The van der Waals surface area contributed by atoms with Gasteiger partial charge in [-0.3, -0.25) is 5.01 Å². The summed E-state index contributed by atoms with van der Waals surface area (Å²) in [7, 11) is 0. The summed E-state index contributed by atoms with van der Waals surface area (Å²) in [5.41, 5.74) is -4.91. The van der Waals surface area contributed by atoms with Crippen molar-refractivity contribution < 1.29 is 35.8 Å². The zero-order valence-electron chi connectivity index (χ0n) is 17.6. The van der Waals surface area contributed by atoms with Crippen molar-refractivity contribution in [2.75, 3.05) is 5.01 Å². The topological polar surface area (TPSA) is 35.8 Å². The van der Waals surface area contributed by atoms with Crippen molar-refractivity contribution in [1.29, 1.82) is 0 Å². The summed E-state index contributed by atoms with van der Waals surface area (Å²) >= 11 is 6.17. The van der Waals surface area contributed by atoms with Crippen molar-refractivity contribution in [2.24, 2.45) is 5.10 Å². The van der Waals surface area contributed by atoms with Gasteiger partial charge in [-0.1, -0.05) is 60.1 Å². The van der Waals surface area contributed by atoms with Gasteiger partial charge in [-0.15, -0.1) is 0 Å². The van der Waals surface area contributed by atoms with E-state index in [4.69, 9.17) is 11.6 Å². The minimum absolute atomic E-state index is 0.0491. The number of hydrogen-bond acceptors (Lipinski definition) is 3. The Morgan fingerprint density at radius 1 is 0.800 bits per heavy atom. The second kappa shape index (κ2) is 8.83. The van der Waals surface area contributed by atoms with Crippen molar-refractivity contribution in [3.05, 3.63) is 89.2 Å². The minimum Gasteiger partial charge on any atom is -0.369 e. The molecule has 4 rings (SSSR count). The number of hydrogen-bond donors (Lipinski definition) is 1. The van der Waals surface area contributed by atoms with E-state index in [1.54, 1.807) is 18.2 Å². The number of rotatable bonds is 4. The molecule has 1 N–H and O–H groups in total. The number of halogens is 8. The van der Waals surface area contributed by atoms with E-state index in [0.717, 1.165) is 5.01 Å². The smallest absolute Gasteiger partial charge is 0.369 e. The molecule has 3 aromatic carbocycles. The zero-order valence-corrected chi connectivity index (χ0v) is 18.3. The van der Waals surface area contributed by atoms with Gasteiger partial charge in [0.1, 0.15) is 5.82 Å². The second-order valence-electron chi connectivity index (χ2n) is 7.90. The standard InChI is InChI=1S/C24H16ClF7N2O/c25-18-3-1-2-4-19(18)34-20(13-21(33-34)22(35,23(27,28)29)24(30,31)32)16-7-5-14(6-8-16)15-9-11-17(26)12-10-15/h1-12,20,35H,13H2. The van der Waals surface area contributed by atoms with Crippen molar-refractivity contribution in [2.45, 2.75) is 30.4 Å². The first-order valence-electron chi connectivity index (χ1n) is 10.2. The molecule has 1 atom stereocenters. The number of para-hydroxylation sites is 1. The molecule has 1 aliphatic rings. The van der Waals surface area contributed by atoms with Crippen LogP contribution >= 0.6 is 11.6 Å². The van der Waals surface area contributed by atoms with Crippen LogP contribution in [0.3, 0.4) is 0 Å². The monoisotopic (exact) mass is 516 g/mol. The minimum atomic E-state index is -6.06. The number of anilines is 1. The van der Waals surface area contributed by atoms with Crippen LogP contribution in [-0.2, 0) is 0 Å². The molecule has 1 heterocycles. The molecule has 0 saturated carbocycles. The van der Waals surface area contributed by atoms with Crippen LogP contribution in [0.1, 0.15) is 18.0 Å². The van der Waals surface area contributed by atoms with Crippen LogP contribution in [0.25, 0.3) is 11.1 Å². The van der Waals surface area contributed by atoms with Gasteiger partial charge in [-0.2, -0.15) is 31.4 Å². The fourth-order valence-electron chi connectivity index (χ4n) is 3.88. The lowest BCUT2D eigenvalue weighted by atomic mass is 9.89. The molecule has 0 radical (unpaired) electrons. The van der Waals surface area contributed by atoms with Crippen molar-refractivity contribution in [3.8, 4) is 11.1 Å². The average molecular weight is 517 g/mol. The largest absolute Gasteiger partial charge is 0.431 e. The normalized spacial score (nSPS) is 17.0. The molecule has 3 aromatic rings. The summed E-state index contributed by atoms with van der Waals surface area (Å²) in [5.74, 6) is -0.432. The molecule has 0 fully saturated rings. The van der Waals surface area contributed by atoms with Crippen LogP contribution < -0.4 is 5.01 Å². The Morgan fingerprint density at radius 2 is 1.31 bits per heavy atom. The molecule has 1 unspecified atom stereocenters. The quantitative estimate of drug-likeness (QED) is 0.369. The fourth-order valence-corrected chi connectivity index (χ4v) is 4.10. The van der Waals surface area contributed by atoms with E-state index in [1.165, 1.54) is 54.6 Å². The molecule has 11 heteroatoms. The predicted molar refractivity (Wildman–Crippen MR) is 118 cm³/mol. The predicted octanol–water partition coefficient (Wildman–Crippen LogP) is 7.31. The lowest BCUT2D eigenvalue weighted by molar-refractivity contribution is -0.338. The second-order valence-corrected chi connectivity index (χ2v) is 8.30. The summed E-state index contributed by atoms with van der Waals surface area (Å²) in [6, 6.07) is 16.6. The highest BCUT2D eigenvalue weighted by Gasteiger charge is 2.74. The third-order valence-corrected chi connectivity index (χ3v) is 6.04. The number of nitrogens with zero attached hydrogens (tertiary/aromatic N) is 2. The maximum Gasteiger partial charge on any atom is 0.431 e. The highest BCUT2D eigenvalue weighted by atomic mass is 35.5. The fraction of sp³-hybridized carbons (Fsp3) is 0.208. The summed E-state index contributed by atoms with van der Waals surface area (Å²) in [6.45, 7) is 0. The van der Waals surface area contributed by atoms with E-state index < -0.39 is 41.9 Å². The number of hydrazone groups is 1. The Labute approximate surface area is 200 Å². The van der Waals surface area contributed by atoms with Crippen molar-refractivity contribution in [3.63, 3.8) is 0 Å². The first-order valence-corrected chi connectivity index (χ1v) is 10.5. The van der Waals surface area contributed by atoms with E-state index in [1.807, 2.05) is 0 Å². The van der Waals surface area contributed by atoms with Crippen LogP contribution in [0, 0.1) is 5.82 Å². The van der Waals surface area contributed by atoms with E-state index in [-0.39, 0.29) is 10.7 Å². The number of alkyl halides is 6. The highest BCUT2D eigenvalue weighted by molar-refractivity contribution is 6.33. The number of aliphatic hydroxyl groups is 1. The van der Waals surface area contributed by atoms with Gasteiger partial charge in [0.25, 0.3) is 5.60 Å². The van der Waals surface area contributed by atoms with Gasteiger partial charge < -0.3 is 5.11 Å². The number of benzene rings is 3. The molecule has 35 heavy (non-hydrogen) atoms. The lowest BCUT2D eigenvalue weighted by Crippen LogP contribution is -2.62. The van der Waals surface area contributed by atoms with E-state index >= 15 is 0 Å².